The minimum Gasteiger partial charge on any atom is -0.341 e. The number of hydrogen-bond acceptors (Lipinski definition) is 6. The highest BCUT2D eigenvalue weighted by molar-refractivity contribution is 8.01. The van der Waals surface area contributed by atoms with Crippen LogP contribution in [0.5, 0.6) is 0 Å². The zero-order chi connectivity index (χ0) is 16.6. The molecule has 0 aliphatic carbocycles. The molecule has 1 atom stereocenters. The molecule has 1 amide bonds. The number of carbonyl (C=O) groups is 1. The molecule has 0 radical (unpaired) electrons. The Bertz CT molecular complexity index is 850. The minimum atomic E-state index is -2.99. The first-order chi connectivity index (χ1) is 10.8. The average molecular weight is 391 g/mol. The molecule has 23 heavy (non-hydrogen) atoms. The van der Waals surface area contributed by atoms with Crippen LogP contribution in [0, 0.1) is 0 Å². The molecule has 1 fully saturated rings. The van der Waals surface area contributed by atoms with Crippen LogP contribution >= 0.6 is 34.7 Å². The predicted octanol–water partition coefficient (Wildman–Crippen LogP) is 2.69. The second kappa shape index (κ2) is 6.58. The van der Waals surface area contributed by atoms with Crippen molar-refractivity contribution in [1.29, 1.82) is 0 Å². The van der Waals surface area contributed by atoms with E-state index < -0.39 is 9.84 Å². The summed E-state index contributed by atoms with van der Waals surface area (Å²) in [6.45, 7) is 0. The van der Waals surface area contributed by atoms with Gasteiger partial charge in [-0.05, 0) is 24.6 Å². The molecule has 124 valence electrons. The lowest BCUT2D eigenvalue weighted by Gasteiger charge is -2.22. The fraction of sp³-hybridized carbons (Fsp3) is 0.429. The summed E-state index contributed by atoms with van der Waals surface area (Å²) < 4.78 is 24.9. The number of nitrogens with zero attached hydrogens (tertiary/aromatic N) is 2. The van der Waals surface area contributed by atoms with E-state index in [0.717, 1.165) is 14.6 Å². The van der Waals surface area contributed by atoms with Crippen LogP contribution in [0.25, 0.3) is 10.2 Å². The lowest BCUT2D eigenvalue weighted by Crippen LogP contribution is -2.38. The maximum absolute atomic E-state index is 12.2. The lowest BCUT2D eigenvalue weighted by molar-refractivity contribution is -0.128. The van der Waals surface area contributed by atoms with Crippen molar-refractivity contribution in [3.8, 4) is 0 Å². The molecule has 0 spiro atoms. The summed E-state index contributed by atoms with van der Waals surface area (Å²) in [5.41, 5.74) is 0.827. The first-order valence-corrected chi connectivity index (χ1v) is 11.0. The Morgan fingerprint density at radius 2 is 2.30 bits per heavy atom. The molecule has 1 aromatic heterocycles. The van der Waals surface area contributed by atoms with Gasteiger partial charge in [0, 0.05) is 18.1 Å². The topological polar surface area (TPSA) is 67.3 Å². The van der Waals surface area contributed by atoms with Gasteiger partial charge in [-0.2, -0.15) is 0 Å². The van der Waals surface area contributed by atoms with Gasteiger partial charge in [-0.1, -0.05) is 23.4 Å². The molecule has 0 unspecified atom stereocenters. The van der Waals surface area contributed by atoms with Gasteiger partial charge in [0.15, 0.2) is 14.2 Å². The van der Waals surface area contributed by atoms with E-state index in [2.05, 4.69) is 4.98 Å². The molecular weight excluding hydrogens is 376 g/mol. The summed E-state index contributed by atoms with van der Waals surface area (Å²) in [5, 5.41) is 0.637. The molecule has 1 aromatic carbocycles. The van der Waals surface area contributed by atoms with Crippen LogP contribution in [0.3, 0.4) is 0 Å². The van der Waals surface area contributed by atoms with Gasteiger partial charge in [-0.3, -0.25) is 4.79 Å². The van der Waals surface area contributed by atoms with Crippen molar-refractivity contribution >= 4 is 60.7 Å². The Hall–Kier alpha value is -0.830. The Labute approximate surface area is 147 Å². The molecule has 2 heterocycles. The van der Waals surface area contributed by atoms with E-state index in [1.807, 2.05) is 12.1 Å². The van der Waals surface area contributed by atoms with Crippen LogP contribution in [0.2, 0.25) is 5.02 Å². The molecule has 5 nitrogen and oxygen atoms in total. The Morgan fingerprint density at radius 3 is 3.00 bits per heavy atom. The molecule has 1 aliphatic rings. The quantitative estimate of drug-likeness (QED) is 0.751. The summed E-state index contributed by atoms with van der Waals surface area (Å²) in [6, 6.07) is 5.32. The van der Waals surface area contributed by atoms with E-state index in [1.165, 1.54) is 23.1 Å². The zero-order valence-electron chi connectivity index (χ0n) is 12.4. The van der Waals surface area contributed by atoms with Crippen molar-refractivity contribution < 1.29 is 13.2 Å². The number of amides is 1. The largest absolute Gasteiger partial charge is 0.341 e. The number of carbonyl (C=O) groups excluding carboxylic acids is 1. The fourth-order valence-electron chi connectivity index (χ4n) is 2.45. The predicted molar refractivity (Wildman–Crippen MR) is 95.2 cm³/mol. The van der Waals surface area contributed by atoms with Gasteiger partial charge in [0.25, 0.3) is 0 Å². The maximum Gasteiger partial charge on any atom is 0.233 e. The summed E-state index contributed by atoms with van der Waals surface area (Å²) >= 11 is 8.83. The van der Waals surface area contributed by atoms with Crippen molar-refractivity contribution in [2.75, 3.05) is 24.3 Å². The van der Waals surface area contributed by atoms with Gasteiger partial charge in [-0.25, -0.2) is 13.4 Å². The number of rotatable bonds is 4. The number of thiazole rings is 1. The van der Waals surface area contributed by atoms with Gasteiger partial charge >= 0.3 is 0 Å². The van der Waals surface area contributed by atoms with E-state index in [0.29, 0.717) is 11.4 Å². The van der Waals surface area contributed by atoms with Gasteiger partial charge in [0.05, 0.1) is 27.5 Å². The first kappa shape index (κ1) is 17.0. The number of hydrogen-bond donors (Lipinski definition) is 0. The highest BCUT2D eigenvalue weighted by atomic mass is 35.5. The fourth-order valence-corrected chi connectivity index (χ4v) is 6.36. The van der Waals surface area contributed by atoms with Crippen molar-refractivity contribution in [2.45, 2.75) is 16.8 Å². The van der Waals surface area contributed by atoms with E-state index in [1.54, 1.807) is 18.0 Å². The monoisotopic (exact) mass is 390 g/mol. The van der Waals surface area contributed by atoms with Crippen molar-refractivity contribution in [3.63, 3.8) is 0 Å². The van der Waals surface area contributed by atoms with Crippen LogP contribution < -0.4 is 0 Å². The number of halogens is 1. The zero-order valence-corrected chi connectivity index (χ0v) is 15.6. The average Bonchev–Trinajstić information content (AvgIpc) is 3.06. The summed E-state index contributed by atoms with van der Waals surface area (Å²) in [4.78, 5) is 18.3. The Morgan fingerprint density at radius 1 is 1.52 bits per heavy atom. The molecule has 2 aromatic rings. The third-order valence-electron chi connectivity index (χ3n) is 3.80. The molecular formula is C14H15ClN2O3S3. The minimum absolute atomic E-state index is 0.0690. The second-order valence-electron chi connectivity index (χ2n) is 5.44. The molecule has 9 heteroatoms. The number of benzene rings is 1. The van der Waals surface area contributed by atoms with E-state index in [4.69, 9.17) is 11.6 Å². The van der Waals surface area contributed by atoms with Crippen LogP contribution in [-0.2, 0) is 14.6 Å². The third kappa shape index (κ3) is 3.99. The Kier molecular flexibility index (Phi) is 4.87. The van der Waals surface area contributed by atoms with Crippen molar-refractivity contribution in [3.05, 3.63) is 23.2 Å². The lowest BCUT2D eigenvalue weighted by atomic mass is 10.2. The highest BCUT2D eigenvalue weighted by Gasteiger charge is 2.32. The molecule has 1 aliphatic heterocycles. The van der Waals surface area contributed by atoms with Crippen molar-refractivity contribution in [2.24, 2.45) is 0 Å². The summed E-state index contributed by atoms with van der Waals surface area (Å²) in [5.74, 6) is 0.413. The molecule has 1 saturated heterocycles. The maximum atomic E-state index is 12.2. The molecule has 0 saturated carbocycles. The summed E-state index contributed by atoms with van der Waals surface area (Å²) in [7, 11) is -1.31. The number of aromatic nitrogens is 1. The van der Waals surface area contributed by atoms with Crippen LogP contribution in [0.4, 0.5) is 0 Å². The number of sulfone groups is 1. The van der Waals surface area contributed by atoms with Gasteiger partial charge in [0.2, 0.25) is 5.91 Å². The van der Waals surface area contributed by atoms with Crippen LogP contribution in [0.15, 0.2) is 22.5 Å². The van der Waals surface area contributed by atoms with E-state index >= 15 is 0 Å². The van der Waals surface area contributed by atoms with Crippen LogP contribution in [0.1, 0.15) is 6.42 Å². The molecule has 3 rings (SSSR count). The second-order valence-corrected chi connectivity index (χ2v) is 10.4. The van der Waals surface area contributed by atoms with Gasteiger partial charge in [-0.15, -0.1) is 11.3 Å². The van der Waals surface area contributed by atoms with Gasteiger partial charge in [0.1, 0.15) is 0 Å². The smallest absolute Gasteiger partial charge is 0.233 e. The van der Waals surface area contributed by atoms with Gasteiger partial charge < -0.3 is 4.90 Å². The SMILES string of the molecule is CN(C(=O)CSc1nc2cc(Cl)ccc2s1)[C@@H]1CCS(=O)(=O)C1. The molecule has 0 N–H and O–H groups in total. The summed E-state index contributed by atoms with van der Waals surface area (Å²) in [6.07, 6.45) is 0.523. The van der Waals surface area contributed by atoms with E-state index in [-0.39, 0.29) is 29.2 Å². The highest BCUT2D eigenvalue weighted by Crippen LogP contribution is 2.31. The first-order valence-electron chi connectivity index (χ1n) is 6.99. The Balaban J connectivity index is 1.61. The van der Waals surface area contributed by atoms with Crippen molar-refractivity contribution in [1.82, 2.24) is 9.88 Å². The third-order valence-corrected chi connectivity index (χ3v) is 7.95. The molecule has 0 bridgehead atoms. The standard InChI is InChI=1S/C14H15ClN2O3S3/c1-17(10-4-5-23(19,20)8-10)13(18)7-21-14-16-11-6-9(15)2-3-12(11)22-14/h2-3,6,10H,4-5,7-8H2,1H3/t10-/m1/s1. The number of fused-ring (bicyclic) bond motifs is 1. The normalized spacial score (nSPS) is 20.0. The van der Waals surface area contributed by atoms with Crippen LogP contribution in [-0.4, -0.2) is 54.6 Å². The number of thioether (sulfide) groups is 1. The van der Waals surface area contributed by atoms with E-state index in [9.17, 15) is 13.2 Å².